The van der Waals surface area contributed by atoms with Crippen LogP contribution < -0.4 is 0 Å². The van der Waals surface area contributed by atoms with Crippen LogP contribution in [0.2, 0.25) is 0 Å². The fourth-order valence-electron chi connectivity index (χ4n) is 2.46. The highest BCUT2D eigenvalue weighted by molar-refractivity contribution is 5.75. The molecule has 2 aromatic rings. The highest BCUT2D eigenvalue weighted by Crippen LogP contribution is 2.27. The third-order valence-corrected chi connectivity index (χ3v) is 3.88. The number of carbonyl (C=O) groups excluding carboxylic acids is 1. The first-order chi connectivity index (χ1) is 11.1. The Kier molecular flexibility index (Phi) is 5.00. The highest BCUT2D eigenvalue weighted by atomic mass is 19.4. The molecule has 2 aromatic heterocycles. The summed E-state index contributed by atoms with van der Waals surface area (Å²) in [6.07, 6.45) is -3.36. The maximum absolute atomic E-state index is 12.5. The molecule has 0 bridgehead atoms. The van der Waals surface area contributed by atoms with Gasteiger partial charge in [-0.1, -0.05) is 0 Å². The standard InChI is InChI=1S/C15H20F3N5O/c1-5-23-11(3)12(10(2)19-23)8-21(4)14(24)9-22-7-6-13(20-22)15(16,17)18/h6-7H,5,8-9H2,1-4H3. The fourth-order valence-corrected chi connectivity index (χ4v) is 2.46. The van der Waals surface area contributed by atoms with Crippen LogP contribution in [0.3, 0.4) is 0 Å². The van der Waals surface area contributed by atoms with Crippen molar-refractivity contribution in [2.45, 2.75) is 46.6 Å². The van der Waals surface area contributed by atoms with Crippen molar-refractivity contribution < 1.29 is 18.0 Å². The third-order valence-electron chi connectivity index (χ3n) is 3.88. The van der Waals surface area contributed by atoms with Crippen LogP contribution in [0.4, 0.5) is 13.2 Å². The number of nitrogens with zero attached hydrogens (tertiary/aromatic N) is 5. The molecule has 2 heterocycles. The lowest BCUT2D eigenvalue weighted by molar-refractivity contribution is -0.142. The van der Waals surface area contributed by atoms with Gasteiger partial charge in [0.25, 0.3) is 0 Å². The zero-order chi connectivity index (χ0) is 18.1. The van der Waals surface area contributed by atoms with Crippen LogP contribution in [-0.2, 0) is 30.6 Å². The van der Waals surface area contributed by atoms with Crippen LogP contribution in [0.25, 0.3) is 0 Å². The predicted molar refractivity (Wildman–Crippen MR) is 81.1 cm³/mol. The number of carbonyl (C=O) groups is 1. The Bertz CT molecular complexity index is 732. The quantitative estimate of drug-likeness (QED) is 0.838. The van der Waals surface area contributed by atoms with Gasteiger partial charge in [-0.15, -0.1) is 0 Å². The number of alkyl halides is 3. The predicted octanol–water partition coefficient (Wildman–Crippen LogP) is 2.39. The minimum Gasteiger partial charge on any atom is -0.340 e. The van der Waals surface area contributed by atoms with Gasteiger partial charge in [-0.3, -0.25) is 14.2 Å². The molecule has 0 spiro atoms. The van der Waals surface area contributed by atoms with Gasteiger partial charge in [0.1, 0.15) is 6.54 Å². The molecule has 9 heteroatoms. The van der Waals surface area contributed by atoms with E-state index in [1.807, 2.05) is 25.5 Å². The van der Waals surface area contributed by atoms with Gasteiger partial charge in [0.2, 0.25) is 5.91 Å². The lowest BCUT2D eigenvalue weighted by Gasteiger charge is -2.17. The topological polar surface area (TPSA) is 56.0 Å². The van der Waals surface area contributed by atoms with Gasteiger partial charge in [0.05, 0.1) is 5.69 Å². The zero-order valence-corrected chi connectivity index (χ0v) is 14.1. The Labute approximate surface area is 137 Å². The Balaban J connectivity index is 2.05. The van der Waals surface area contributed by atoms with Gasteiger partial charge in [0, 0.05) is 37.6 Å². The summed E-state index contributed by atoms with van der Waals surface area (Å²) in [7, 11) is 1.61. The smallest absolute Gasteiger partial charge is 0.340 e. The molecule has 0 atom stereocenters. The van der Waals surface area contributed by atoms with E-state index in [9.17, 15) is 18.0 Å². The molecule has 2 rings (SSSR count). The zero-order valence-electron chi connectivity index (χ0n) is 14.1. The van der Waals surface area contributed by atoms with E-state index in [1.165, 1.54) is 4.90 Å². The first-order valence-electron chi connectivity index (χ1n) is 7.51. The summed E-state index contributed by atoms with van der Waals surface area (Å²) in [6.45, 7) is 6.62. The molecule has 1 amide bonds. The maximum Gasteiger partial charge on any atom is 0.435 e. The van der Waals surface area contributed by atoms with Crippen molar-refractivity contribution in [1.82, 2.24) is 24.5 Å². The molecule has 0 fully saturated rings. The van der Waals surface area contributed by atoms with Gasteiger partial charge in [-0.05, 0) is 26.8 Å². The van der Waals surface area contributed by atoms with Crippen molar-refractivity contribution in [2.75, 3.05) is 7.05 Å². The van der Waals surface area contributed by atoms with Crippen molar-refractivity contribution in [1.29, 1.82) is 0 Å². The van der Waals surface area contributed by atoms with Gasteiger partial charge in [-0.25, -0.2) is 0 Å². The van der Waals surface area contributed by atoms with Crippen LogP contribution in [-0.4, -0.2) is 37.4 Å². The molecule has 0 aliphatic heterocycles. The number of hydrogen-bond donors (Lipinski definition) is 0. The molecule has 0 unspecified atom stereocenters. The monoisotopic (exact) mass is 343 g/mol. The number of hydrogen-bond acceptors (Lipinski definition) is 3. The van der Waals surface area contributed by atoms with Crippen molar-refractivity contribution in [3.05, 3.63) is 34.9 Å². The molecule has 0 saturated carbocycles. The SMILES string of the molecule is CCn1nc(C)c(CN(C)C(=O)Cn2ccc(C(F)(F)F)n2)c1C. The minimum atomic E-state index is -4.51. The van der Waals surface area contributed by atoms with Crippen LogP contribution in [0, 0.1) is 13.8 Å². The van der Waals surface area contributed by atoms with Crippen molar-refractivity contribution in [2.24, 2.45) is 0 Å². The average Bonchev–Trinajstić information content (AvgIpc) is 3.06. The van der Waals surface area contributed by atoms with E-state index in [0.29, 0.717) is 6.54 Å². The fraction of sp³-hybridized carbons (Fsp3) is 0.533. The third kappa shape index (κ3) is 3.77. The van der Waals surface area contributed by atoms with Crippen molar-refractivity contribution >= 4 is 5.91 Å². The minimum absolute atomic E-state index is 0.243. The van der Waals surface area contributed by atoms with Gasteiger partial charge in [0.15, 0.2) is 5.69 Å². The van der Waals surface area contributed by atoms with Crippen molar-refractivity contribution in [3.8, 4) is 0 Å². The molecule has 0 saturated heterocycles. The molecule has 24 heavy (non-hydrogen) atoms. The first-order valence-corrected chi connectivity index (χ1v) is 7.51. The Morgan fingerprint density at radius 3 is 2.46 bits per heavy atom. The molecule has 6 nitrogen and oxygen atoms in total. The largest absolute Gasteiger partial charge is 0.435 e. The number of halogens is 3. The summed E-state index contributed by atoms with van der Waals surface area (Å²) in [5.74, 6) is -0.324. The molecule has 0 N–H and O–H groups in total. The van der Waals surface area contributed by atoms with E-state index in [0.717, 1.165) is 40.4 Å². The van der Waals surface area contributed by atoms with E-state index < -0.39 is 11.9 Å². The Hall–Kier alpha value is -2.32. The molecular formula is C15H20F3N5O. The summed E-state index contributed by atoms with van der Waals surface area (Å²) < 4.78 is 40.4. The molecule has 132 valence electrons. The molecular weight excluding hydrogens is 323 g/mol. The number of aromatic nitrogens is 4. The van der Waals surface area contributed by atoms with E-state index in [-0.39, 0.29) is 12.5 Å². The lowest BCUT2D eigenvalue weighted by Crippen LogP contribution is -2.30. The lowest BCUT2D eigenvalue weighted by atomic mass is 10.2. The second-order valence-corrected chi connectivity index (χ2v) is 5.61. The van der Waals surface area contributed by atoms with Crippen LogP contribution in [0.15, 0.2) is 12.3 Å². The summed E-state index contributed by atoms with van der Waals surface area (Å²) in [5.41, 5.74) is 1.76. The molecule has 0 aliphatic carbocycles. The van der Waals surface area contributed by atoms with Gasteiger partial charge < -0.3 is 4.90 Å². The van der Waals surface area contributed by atoms with Gasteiger partial charge >= 0.3 is 6.18 Å². The van der Waals surface area contributed by atoms with Crippen LogP contribution in [0.5, 0.6) is 0 Å². The molecule has 0 aromatic carbocycles. The van der Waals surface area contributed by atoms with E-state index in [4.69, 9.17) is 0 Å². The van der Waals surface area contributed by atoms with E-state index in [2.05, 4.69) is 10.2 Å². The number of aryl methyl sites for hydroxylation is 2. The summed E-state index contributed by atoms with van der Waals surface area (Å²) in [4.78, 5) is 13.7. The normalized spacial score (nSPS) is 11.8. The molecule has 0 aliphatic rings. The Morgan fingerprint density at radius 1 is 1.29 bits per heavy atom. The van der Waals surface area contributed by atoms with Crippen LogP contribution >= 0.6 is 0 Å². The highest BCUT2D eigenvalue weighted by Gasteiger charge is 2.33. The number of likely N-dealkylation sites (N-methyl/N-ethyl adjacent to an activating group) is 1. The maximum atomic E-state index is 12.5. The summed E-state index contributed by atoms with van der Waals surface area (Å²) >= 11 is 0. The first kappa shape index (κ1) is 18.0. The van der Waals surface area contributed by atoms with E-state index in [1.54, 1.807) is 7.05 Å². The summed E-state index contributed by atoms with van der Waals surface area (Å²) in [5, 5.41) is 7.78. The Morgan fingerprint density at radius 2 is 1.96 bits per heavy atom. The second-order valence-electron chi connectivity index (χ2n) is 5.61. The summed E-state index contributed by atoms with van der Waals surface area (Å²) in [6, 6.07) is 0.854. The molecule has 0 radical (unpaired) electrons. The average molecular weight is 343 g/mol. The number of rotatable bonds is 5. The van der Waals surface area contributed by atoms with Crippen LogP contribution in [0.1, 0.15) is 29.6 Å². The van der Waals surface area contributed by atoms with E-state index >= 15 is 0 Å². The second kappa shape index (κ2) is 6.66. The van der Waals surface area contributed by atoms with Gasteiger partial charge in [-0.2, -0.15) is 23.4 Å². The van der Waals surface area contributed by atoms with Crippen molar-refractivity contribution in [3.63, 3.8) is 0 Å². The number of amides is 1.